The van der Waals surface area contributed by atoms with Crippen LogP contribution in [0.5, 0.6) is 5.75 Å². The lowest BCUT2D eigenvalue weighted by molar-refractivity contribution is 0.0788. The van der Waals surface area contributed by atoms with Gasteiger partial charge in [0, 0.05) is 18.0 Å². The van der Waals surface area contributed by atoms with E-state index in [9.17, 15) is 4.79 Å². The molecule has 4 nitrogen and oxygen atoms in total. The van der Waals surface area contributed by atoms with Crippen LogP contribution in [-0.4, -0.2) is 30.4 Å². The number of halogens is 1. The van der Waals surface area contributed by atoms with Gasteiger partial charge in [-0.15, -0.1) is 23.7 Å². The zero-order chi connectivity index (χ0) is 19.3. The summed E-state index contributed by atoms with van der Waals surface area (Å²) in [4.78, 5) is 16.8. The maximum absolute atomic E-state index is 13.2. The zero-order valence-electron chi connectivity index (χ0n) is 16.1. The molecule has 1 amide bonds. The van der Waals surface area contributed by atoms with Crippen LogP contribution in [0.4, 0.5) is 0 Å². The van der Waals surface area contributed by atoms with E-state index in [1.807, 2.05) is 59.5 Å². The van der Waals surface area contributed by atoms with Gasteiger partial charge in [-0.05, 0) is 36.1 Å². The van der Waals surface area contributed by atoms with Crippen molar-refractivity contribution in [3.8, 4) is 16.2 Å². The predicted octanol–water partition coefficient (Wildman–Crippen LogP) is 4.84. The number of hydrogen-bond acceptors (Lipinski definition) is 4. The summed E-state index contributed by atoms with van der Waals surface area (Å²) in [6, 6.07) is 22.1. The molecule has 1 atom stereocenters. The average molecular weight is 429 g/mol. The summed E-state index contributed by atoms with van der Waals surface area (Å²) in [6.07, 6.45) is 0.972. The molecular weight excluding hydrogens is 404 g/mol. The van der Waals surface area contributed by atoms with Crippen molar-refractivity contribution in [3.05, 3.63) is 77.2 Å². The lowest BCUT2D eigenvalue weighted by Crippen LogP contribution is -2.29. The van der Waals surface area contributed by atoms with Gasteiger partial charge in [-0.1, -0.05) is 60.7 Å². The number of thiophene rings is 1. The van der Waals surface area contributed by atoms with Crippen LogP contribution in [-0.2, 0) is 6.61 Å². The van der Waals surface area contributed by atoms with Crippen LogP contribution >= 0.6 is 23.7 Å². The third kappa shape index (κ3) is 4.99. The highest BCUT2D eigenvalue weighted by atomic mass is 35.5. The van der Waals surface area contributed by atoms with Crippen LogP contribution in [0.15, 0.2) is 66.7 Å². The normalized spacial score (nSPS) is 15.8. The molecule has 1 aliphatic rings. The number of rotatable bonds is 6. The summed E-state index contributed by atoms with van der Waals surface area (Å²) in [5, 5.41) is 0. The van der Waals surface area contributed by atoms with Gasteiger partial charge in [-0.25, -0.2) is 0 Å². The second-order valence-corrected chi connectivity index (χ2v) is 8.14. The van der Waals surface area contributed by atoms with Crippen molar-refractivity contribution in [2.24, 2.45) is 11.7 Å². The van der Waals surface area contributed by atoms with Crippen LogP contribution in [0.1, 0.15) is 21.7 Å². The van der Waals surface area contributed by atoms with Crippen molar-refractivity contribution in [2.75, 3.05) is 19.6 Å². The number of nitrogens with two attached hydrogens (primary N) is 1. The van der Waals surface area contributed by atoms with E-state index in [2.05, 4.69) is 12.1 Å². The second kappa shape index (κ2) is 9.92. The Hall–Kier alpha value is -2.34. The first-order valence-electron chi connectivity index (χ1n) is 9.60. The molecule has 2 aromatic carbocycles. The Bertz CT molecular complexity index is 931. The van der Waals surface area contributed by atoms with Gasteiger partial charge in [0.25, 0.3) is 5.91 Å². The molecule has 0 bridgehead atoms. The van der Waals surface area contributed by atoms with Crippen molar-refractivity contribution in [1.82, 2.24) is 4.90 Å². The van der Waals surface area contributed by atoms with Crippen molar-refractivity contribution >= 4 is 29.7 Å². The lowest BCUT2D eigenvalue weighted by atomic mass is 10.1. The highest BCUT2D eigenvalue weighted by molar-refractivity contribution is 7.17. The van der Waals surface area contributed by atoms with Crippen molar-refractivity contribution in [3.63, 3.8) is 0 Å². The van der Waals surface area contributed by atoms with E-state index >= 15 is 0 Å². The van der Waals surface area contributed by atoms with E-state index in [0.29, 0.717) is 29.7 Å². The summed E-state index contributed by atoms with van der Waals surface area (Å²) in [5.74, 6) is 1.10. The number of nitrogens with zero attached hydrogens (tertiary/aromatic N) is 1. The highest BCUT2D eigenvalue weighted by Gasteiger charge is 2.29. The van der Waals surface area contributed by atoms with Crippen molar-refractivity contribution in [1.29, 1.82) is 0 Å². The van der Waals surface area contributed by atoms with Gasteiger partial charge in [0.1, 0.15) is 17.2 Å². The van der Waals surface area contributed by atoms with Crippen molar-refractivity contribution in [2.45, 2.75) is 13.0 Å². The Morgan fingerprint density at radius 2 is 1.79 bits per heavy atom. The van der Waals surface area contributed by atoms with E-state index in [4.69, 9.17) is 10.5 Å². The van der Waals surface area contributed by atoms with Gasteiger partial charge in [-0.2, -0.15) is 0 Å². The maximum Gasteiger partial charge on any atom is 0.267 e. The molecule has 1 unspecified atom stereocenters. The molecular formula is C23H25ClN2O2S. The molecule has 4 rings (SSSR count). The zero-order valence-corrected chi connectivity index (χ0v) is 17.8. The summed E-state index contributed by atoms with van der Waals surface area (Å²) >= 11 is 1.50. The fourth-order valence-corrected chi connectivity index (χ4v) is 4.54. The van der Waals surface area contributed by atoms with Crippen LogP contribution < -0.4 is 10.5 Å². The Balaban J connectivity index is 0.00000240. The number of likely N-dealkylation sites (tertiary alicyclic amines) is 1. The molecule has 29 heavy (non-hydrogen) atoms. The lowest BCUT2D eigenvalue weighted by Gasteiger charge is -2.16. The number of ether oxygens (including phenoxy) is 1. The third-order valence-corrected chi connectivity index (χ3v) is 6.25. The van der Waals surface area contributed by atoms with Gasteiger partial charge >= 0.3 is 0 Å². The van der Waals surface area contributed by atoms with Gasteiger partial charge in [0.2, 0.25) is 0 Å². The average Bonchev–Trinajstić information content (AvgIpc) is 3.40. The van der Waals surface area contributed by atoms with E-state index < -0.39 is 0 Å². The molecule has 1 fully saturated rings. The number of hydrogen-bond donors (Lipinski definition) is 1. The summed E-state index contributed by atoms with van der Waals surface area (Å²) in [5.41, 5.74) is 7.97. The molecule has 0 radical (unpaired) electrons. The first kappa shape index (κ1) is 21.4. The van der Waals surface area contributed by atoms with Crippen LogP contribution in [0, 0.1) is 5.92 Å². The Morgan fingerprint density at radius 3 is 2.45 bits per heavy atom. The van der Waals surface area contributed by atoms with E-state index in [0.717, 1.165) is 35.5 Å². The first-order valence-corrected chi connectivity index (χ1v) is 10.4. The van der Waals surface area contributed by atoms with Crippen LogP contribution in [0.3, 0.4) is 0 Å². The Kier molecular flexibility index (Phi) is 7.31. The molecule has 1 saturated heterocycles. The van der Waals surface area contributed by atoms with Gasteiger partial charge in [0.05, 0.1) is 0 Å². The monoisotopic (exact) mass is 428 g/mol. The Labute approximate surface area is 181 Å². The fraction of sp³-hybridized carbons (Fsp3) is 0.261. The Morgan fingerprint density at radius 1 is 1.10 bits per heavy atom. The number of carbonyl (C=O) groups excluding carboxylic acids is 1. The minimum Gasteiger partial charge on any atom is -0.487 e. The largest absolute Gasteiger partial charge is 0.487 e. The highest BCUT2D eigenvalue weighted by Crippen LogP contribution is 2.38. The molecule has 2 N–H and O–H groups in total. The maximum atomic E-state index is 13.2. The van der Waals surface area contributed by atoms with Crippen LogP contribution in [0.2, 0.25) is 0 Å². The summed E-state index contributed by atoms with van der Waals surface area (Å²) in [6.45, 7) is 2.56. The number of benzene rings is 2. The fourth-order valence-electron chi connectivity index (χ4n) is 3.46. The topological polar surface area (TPSA) is 55.6 Å². The molecule has 3 aromatic rings. The molecule has 6 heteroatoms. The minimum atomic E-state index is 0. The standard InChI is InChI=1S/C23H24N2O2S.ClH/c24-14-18-11-12-25(15-18)23(26)22-20(27-16-17-7-3-1-4-8-17)13-21(28-22)19-9-5-2-6-10-19;/h1-10,13,18H,11-12,14-16,24H2;1H. The van der Waals surface area contributed by atoms with Crippen molar-refractivity contribution < 1.29 is 9.53 Å². The summed E-state index contributed by atoms with van der Waals surface area (Å²) in [7, 11) is 0. The van der Waals surface area contributed by atoms with E-state index in [1.165, 1.54) is 11.3 Å². The molecule has 0 saturated carbocycles. The van der Waals surface area contributed by atoms with Gasteiger partial charge < -0.3 is 15.4 Å². The smallest absolute Gasteiger partial charge is 0.267 e. The van der Waals surface area contributed by atoms with E-state index in [1.54, 1.807) is 0 Å². The van der Waals surface area contributed by atoms with Gasteiger partial charge in [0.15, 0.2) is 0 Å². The third-order valence-electron chi connectivity index (χ3n) is 5.09. The first-order chi connectivity index (χ1) is 13.7. The number of carbonyl (C=O) groups is 1. The number of amides is 1. The molecule has 2 heterocycles. The molecule has 0 aliphatic carbocycles. The quantitative estimate of drug-likeness (QED) is 0.611. The molecule has 1 aliphatic heterocycles. The SMILES string of the molecule is Cl.NCC1CCN(C(=O)c2sc(-c3ccccc3)cc2OCc2ccccc2)C1. The molecule has 152 valence electrons. The molecule has 1 aromatic heterocycles. The second-order valence-electron chi connectivity index (χ2n) is 7.09. The van der Waals surface area contributed by atoms with E-state index in [-0.39, 0.29) is 18.3 Å². The molecule has 0 spiro atoms. The predicted molar refractivity (Wildman–Crippen MR) is 121 cm³/mol. The minimum absolute atomic E-state index is 0. The van der Waals surface area contributed by atoms with Gasteiger partial charge in [-0.3, -0.25) is 4.79 Å². The summed E-state index contributed by atoms with van der Waals surface area (Å²) < 4.78 is 6.10. The van der Waals surface area contributed by atoms with Crippen LogP contribution in [0.25, 0.3) is 10.4 Å².